The van der Waals surface area contributed by atoms with Gasteiger partial charge >= 0.3 is 0 Å². The van der Waals surface area contributed by atoms with Gasteiger partial charge in [-0.2, -0.15) is 0 Å². The number of carbonyl (C=O) groups excluding carboxylic acids is 1. The predicted octanol–water partition coefficient (Wildman–Crippen LogP) is 0.953. The van der Waals surface area contributed by atoms with E-state index in [1.807, 2.05) is 0 Å². The minimum absolute atomic E-state index is 0.215. The summed E-state index contributed by atoms with van der Waals surface area (Å²) in [6, 6.07) is 1.25. The van der Waals surface area contributed by atoms with Crippen LogP contribution in [-0.4, -0.2) is 22.4 Å². The van der Waals surface area contributed by atoms with Gasteiger partial charge in [-0.15, -0.1) is 0 Å². The lowest BCUT2D eigenvalue weighted by Crippen LogP contribution is -2.28. The molecule has 5 heteroatoms. The van der Waals surface area contributed by atoms with E-state index in [0.717, 1.165) is 19.3 Å². The summed E-state index contributed by atoms with van der Waals surface area (Å²) in [7, 11) is 0. The van der Waals surface area contributed by atoms with E-state index in [1.54, 1.807) is 0 Å². The van der Waals surface area contributed by atoms with Gasteiger partial charge in [0.1, 0.15) is 11.5 Å². The van der Waals surface area contributed by atoms with Gasteiger partial charge in [-0.25, -0.2) is 4.98 Å². The maximum absolute atomic E-state index is 11.9. The Morgan fingerprint density at radius 1 is 1.56 bits per heavy atom. The van der Waals surface area contributed by atoms with Crippen molar-refractivity contribution in [2.24, 2.45) is 5.92 Å². The van der Waals surface area contributed by atoms with E-state index in [2.05, 4.69) is 21.9 Å². The molecule has 1 heterocycles. The van der Waals surface area contributed by atoms with E-state index in [9.17, 15) is 9.59 Å². The molecule has 1 amide bonds. The summed E-state index contributed by atoms with van der Waals surface area (Å²) < 4.78 is 0. The number of nitrogens with one attached hydrogen (secondary N) is 2. The Balaban J connectivity index is 1.71. The molecule has 0 spiro atoms. The number of rotatable bonds is 4. The highest BCUT2D eigenvalue weighted by atomic mass is 16.2. The molecule has 2 aliphatic carbocycles. The van der Waals surface area contributed by atoms with Crippen molar-refractivity contribution in [1.29, 1.82) is 0 Å². The normalized spacial score (nSPS) is 21.8. The van der Waals surface area contributed by atoms with Crippen LogP contribution in [0.1, 0.15) is 41.5 Å². The van der Waals surface area contributed by atoms with Crippen molar-refractivity contribution in [2.45, 2.75) is 25.2 Å². The predicted molar refractivity (Wildman–Crippen MR) is 66.4 cm³/mol. The van der Waals surface area contributed by atoms with Gasteiger partial charge in [-0.05, 0) is 19.3 Å². The van der Waals surface area contributed by atoms with Gasteiger partial charge in [0, 0.05) is 24.4 Å². The lowest BCUT2D eigenvalue weighted by molar-refractivity contribution is 0.0946. The number of nitrogens with zero attached hydrogens (tertiary/aromatic N) is 1. The van der Waals surface area contributed by atoms with Crippen molar-refractivity contribution in [3.63, 3.8) is 0 Å². The van der Waals surface area contributed by atoms with Gasteiger partial charge < -0.3 is 10.3 Å². The van der Waals surface area contributed by atoms with E-state index in [4.69, 9.17) is 0 Å². The summed E-state index contributed by atoms with van der Waals surface area (Å²) in [5.74, 6) is 1.10. The van der Waals surface area contributed by atoms with Crippen molar-refractivity contribution in [3.8, 4) is 0 Å². The fraction of sp³-hybridized carbons (Fsp3) is 0.462. The van der Waals surface area contributed by atoms with Crippen LogP contribution in [0.5, 0.6) is 0 Å². The van der Waals surface area contributed by atoms with Crippen LogP contribution in [0.4, 0.5) is 0 Å². The molecule has 3 rings (SSSR count). The topological polar surface area (TPSA) is 74.8 Å². The molecule has 1 aromatic rings. The molecule has 2 saturated carbocycles. The third-order valence-electron chi connectivity index (χ3n) is 3.39. The molecule has 5 nitrogen and oxygen atoms in total. The molecular formula is C13H15N3O2. The largest absolute Gasteiger partial charge is 0.350 e. The van der Waals surface area contributed by atoms with Gasteiger partial charge in [-0.1, -0.05) is 12.2 Å². The fourth-order valence-corrected chi connectivity index (χ4v) is 1.92. The SMILES string of the molecule is C=C1CC1CNC(=O)c1cc(=O)[nH]c(C2CC2)n1. The number of carbonyl (C=O) groups is 1. The number of aromatic amines is 1. The zero-order chi connectivity index (χ0) is 12.7. The highest BCUT2D eigenvalue weighted by Gasteiger charge is 2.29. The molecule has 0 radical (unpaired) electrons. The first-order chi connectivity index (χ1) is 8.63. The molecule has 0 aromatic carbocycles. The van der Waals surface area contributed by atoms with Gasteiger partial charge in [0.15, 0.2) is 0 Å². The van der Waals surface area contributed by atoms with Crippen LogP contribution in [0, 0.1) is 5.92 Å². The minimum atomic E-state index is -0.275. The fourth-order valence-electron chi connectivity index (χ4n) is 1.92. The Hall–Kier alpha value is -1.91. The van der Waals surface area contributed by atoms with E-state index in [-0.39, 0.29) is 17.2 Å². The van der Waals surface area contributed by atoms with Crippen LogP contribution < -0.4 is 10.9 Å². The molecule has 2 N–H and O–H groups in total. The number of hydrogen-bond donors (Lipinski definition) is 2. The molecule has 0 aliphatic heterocycles. The van der Waals surface area contributed by atoms with E-state index in [0.29, 0.717) is 24.2 Å². The standard InChI is InChI=1S/C13H15N3O2/c1-7-4-9(7)6-14-13(18)10-5-11(17)16-12(15-10)8-2-3-8/h5,8-9H,1-4,6H2,(H,14,18)(H,15,16,17). The molecule has 2 fully saturated rings. The van der Waals surface area contributed by atoms with E-state index in [1.165, 1.54) is 11.6 Å². The number of aromatic nitrogens is 2. The lowest BCUT2D eigenvalue weighted by atomic mass is 10.3. The average Bonchev–Trinajstić information content (AvgIpc) is 3.21. The van der Waals surface area contributed by atoms with Gasteiger partial charge in [0.25, 0.3) is 11.5 Å². The van der Waals surface area contributed by atoms with Crippen molar-refractivity contribution in [1.82, 2.24) is 15.3 Å². The van der Waals surface area contributed by atoms with E-state index < -0.39 is 0 Å². The summed E-state index contributed by atoms with van der Waals surface area (Å²) in [6.07, 6.45) is 3.06. The third kappa shape index (κ3) is 2.34. The molecule has 94 valence electrons. The highest BCUT2D eigenvalue weighted by Crippen LogP contribution is 2.37. The second-order valence-electron chi connectivity index (χ2n) is 5.06. The van der Waals surface area contributed by atoms with Crippen LogP contribution in [0.25, 0.3) is 0 Å². The molecule has 2 aliphatic rings. The van der Waals surface area contributed by atoms with Crippen LogP contribution in [0.15, 0.2) is 23.0 Å². The molecule has 0 saturated heterocycles. The lowest BCUT2D eigenvalue weighted by Gasteiger charge is -2.04. The van der Waals surface area contributed by atoms with Crippen LogP contribution >= 0.6 is 0 Å². The zero-order valence-corrected chi connectivity index (χ0v) is 10.0. The highest BCUT2D eigenvalue weighted by molar-refractivity contribution is 5.92. The second-order valence-corrected chi connectivity index (χ2v) is 5.06. The monoisotopic (exact) mass is 245 g/mol. The van der Waals surface area contributed by atoms with Crippen LogP contribution in [-0.2, 0) is 0 Å². The quantitative estimate of drug-likeness (QED) is 0.776. The Morgan fingerprint density at radius 3 is 2.89 bits per heavy atom. The maximum Gasteiger partial charge on any atom is 0.270 e. The Labute approximate surface area is 104 Å². The molecule has 0 bridgehead atoms. The summed E-state index contributed by atoms with van der Waals surface area (Å²) in [5.41, 5.74) is 1.13. The summed E-state index contributed by atoms with van der Waals surface area (Å²) in [6.45, 7) is 4.42. The maximum atomic E-state index is 11.9. The van der Waals surface area contributed by atoms with Crippen molar-refractivity contribution in [2.75, 3.05) is 6.54 Å². The average molecular weight is 245 g/mol. The first-order valence-electron chi connectivity index (χ1n) is 6.20. The van der Waals surface area contributed by atoms with E-state index >= 15 is 0 Å². The Kier molecular flexibility index (Phi) is 2.54. The van der Waals surface area contributed by atoms with Crippen LogP contribution in [0.3, 0.4) is 0 Å². The molecule has 1 unspecified atom stereocenters. The first kappa shape index (κ1) is 11.2. The van der Waals surface area contributed by atoms with Crippen LogP contribution in [0.2, 0.25) is 0 Å². The third-order valence-corrected chi connectivity index (χ3v) is 3.39. The molecule has 1 atom stereocenters. The first-order valence-corrected chi connectivity index (χ1v) is 6.20. The minimum Gasteiger partial charge on any atom is -0.350 e. The van der Waals surface area contributed by atoms with Crippen molar-refractivity contribution < 1.29 is 4.79 Å². The molecular weight excluding hydrogens is 230 g/mol. The number of amides is 1. The van der Waals surface area contributed by atoms with Gasteiger partial charge in [0.2, 0.25) is 0 Å². The van der Waals surface area contributed by atoms with Gasteiger partial charge in [-0.3, -0.25) is 9.59 Å². The van der Waals surface area contributed by atoms with Crippen molar-refractivity contribution >= 4 is 5.91 Å². The number of H-pyrrole nitrogens is 1. The van der Waals surface area contributed by atoms with Gasteiger partial charge in [0.05, 0.1) is 0 Å². The Morgan fingerprint density at radius 2 is 2.28 bits per heavy atom. The number of hydrogen-bond acceptors (Lipinski definition) is 3. The smallest absolute Gasteiger partial charge is 0.270 e. The second kappa shape index (κ2) is 4.08. The Bertz CT molecular complexity index is 572. The summed E-state index contributed by atoms with van der Waals surface area (Å²) >= 11 is 0. The summed E-state index contributed by atoms with van der Waals surface area (Å²) in [4.78, 5) is 30.2. The zero-order valence-electron chi connectivity index (χ0n) is 10.0. The van der Waals surface area contributed by atoms with Crippen molar-refractivity contribution in [3.05, 3.63) is 40.1 Å². The summed E-state index contributed by atoms with van der Waals surface area (Å²) in [5, 5.41) is 2.79. The molecule has 18 heavy (non-hydrogen) atoms. The molecule has 1 aromatic heterocycles.